The fourth-order valence-corrected chi connectivity index (χ4v) is 3.03. The van der Waals surface area contributed by atoms with E-state index in [-0.39, 0.29) is 10.9 Å². The van der Waals surface area contributed by atoms with Crippen LogP contribution < -0.4 is 4.72 Å². The fourth-order valence-electron chi connectivity index (χ4n) is 1.66. The molecule has 1 aromatic rings. The van der Waals surface area contributed by atoms with Crippen LogP contribution in [-0.4, -0.2) is 33.5 Å². The van der Waals surface area contributed by atoms with Crippen LogP contribution >= 0.6 is 0 Å². The first kappa shape index (κ1) is 12.3. The summed E-state index contributed by atoms with van der Waals surface area (Å²) < 4.78 is 36.5. The molecule has 6 nitrogen and oxygen atoms in total. The topological polar surface area (TPSA) is 85.6 Å². The van der Waals surface area contributed by atoms with Crippen LogP contribution in [0.5, 0.6) is 0 Å². The predicted octanol–water partition coefficient (Wildman–Crippen LogP) is 0.549. The molecule has 1 unspecified atom stereocenters. The Bertz CT molecular complexity index is 513. The van der Waals surface area contributed by atoms with Gasteiger partial charge in [0.25, 0.3) is 10.0 Å². The molecule has 0 amide bonds. The van der Waals surface area contributed by atoms with Gasteiger partial charge in [0.2, 0.25) is 5.09 Å². The Balaban J connectivity index is 2.21. The lowest BCUT2D eigenvalue weighted by Crippen LogP contribution is -2.46. The van der Waals surface area contributed by atoms with Crippen molar-refractivity contribution < 1.29 is 22.4 Å². The van der Waals surface area contributed by atoms with Crippen LogP contribution in [0.25, 0.3) is 0 Å². The van der Waals surface area contributed by atoms with Crippen molar-refractivity contribution in [2.24, 2.45) is 0 Å². The molecular formula is C10H13NO5S. The minimum atomic E-state index is -3.75. The number of carbonyl (C=O) groups is 1. The number of ether oxygens (including phenoxy) is 1. The summed E-state index contributed by atoms with van der Waals surface area (Å²) in [6.45, 7) is 2.62. The molecule has 1 aliphatic rings. The Morgan fingerprint density at radius 3 is 2.76 bits per heavy atom. The molecule has 1 saturated heterocycles. The molecular weight excluding hydrogens is 246 g/mol. The fraction of sp³-hybridized carbons (Fsp3) is 0.500. The van der Waals surface area contributed by atoms with Gasteiger partial charge in [0.15, 0.2) is 12.0 Å². The molecule has 0 aliphatic carbocycles. The van der Waals surface area contributed by atoms with Crippen molar-refractivity contribution in [1.82, 2.24) is 4.72 Å². The van der Waals surface area contributed by atoms with Crippen LogP contribution in [0.3, 0.4) is 0 Å². The van der Waals surface area contributed by atoms with E-state index < -0.39 is 15.6 Å². The molecule has 0 radical (unpaired) electrons. The number of hydrogen-bond donors (Lipinski definition) is 1. The Morgan fingerprint density at radius 2 is 2.24 bits per heavy atom. The Labute approximate surface area is 99.0 Å². The van der Waals surface area contributed by atoms with Crippen molar-refractivity contribution in [3.63, 3.8) is 0 Å². The minimum Gasteiger partial charge on any atom is -0.440 e. The molecule has 0 bridgehead atoms. The smallest absolute Gasteiger partial charge is 0.274 e. The first-order valence-electron chi connectivity index (χ1n) is 5.12. The average molecular weight is 259 g/mol. The minimum absolute atomic E-state index is 0.0156. The van der Waals surface area contributed by atoms with Crippen LogP contribution in [0.1, 0.15) is 23.9 Å². The summed E-state index contributed by atoms with van der Waals surface area (Å²) in [4.78, 5) is 10.4. The zero-order chi connectivity index (χ0) is 12.5. The van der Waals surface area contributed by atoms with E-state index in [1.54, 1.807) is 6.92 Å². The van der Waals surface area contributed by atoms with Crippen molar-refractivity contribution in [2.75, 3.05) is 13.2 Å². The number of sulfonamides is 1. The highest BCUT2D eigenvalue weighted by molar-refractivity contribution is 7.89. The Kier molecular flexibility index (Phi) is 3.07. The molecule has 1 aliphatic heterocycles. The van der Waals surface area contributed by atoms with Gasteiger partial charge >= 0.3 is 0 Å². The van der Waals surface area contributed by atoms with Crippen molar-refractivity contribution in [2.45, 2.75) is 24.0 Å². The lowest BCUT2D eigenvalue weighted by atomic mass is 10.0. The van der Waals surface area contributed by atoms with Gasteiger partial charge in [-0.05, 0) is 25.5 Å². The van der Waals surface area contributed by atoms with Gasteiger partial charge in [-0.25, -0.2) is 13.1 Å². The van der Waals surface area contributed by atoms with E-state index in [1.165, 1.54) is 12.1 Å². The van der Waals surface area contributed by atoms with Gasteiger partial charge in [-0.2, -0.15) is 0 Å². The van der Waals surface area contributed by atoms with E-state index in [9.17, 15) is 13.2 Å². The number of hydrogen-bond acceptors (Lipinski definition) is 5. The third-order valence-corrected chi connectivity index (χ3v) is 4.09. The number of rotatable bonds is 4. The highest BCUT2D eigenvalue weighted by Gasteiger charge is 2.35. The van der Waals surface area contributed by atoms with Crippen LogP contribution in [0.15, 0.2) is 21.6 Å². The highest BCUT2D eigenvalue weighted by Crippen LogP contribution is 2.22. The maximum atomic E-state index is 11.9. The van der Waals surface area contributed by atoms with Crippen molar-refractivity contribution in [3.8, 4) is 0 Å². The molecule has 1 atom stereocenters. The van der Waals surface area contributed by atoms with Crippen LogP contribution in [-0.2, 0) is 14.8 Å². The Hall–Kier alpha value is -1.18. The summed E-state index contributed by atoms with van der Waals surface area (Å²) in [6.07, 6.45) is 1.06. The van der Waals surface area contributed by atoms with Gasteiger partial charge in [0.1, 0.15) is 0 Å². The summed E-state index contributed by atoms with van der Waals surface area (Å²) >= 11 is 0. The molecule has 1 fully saturated rings. The summed E-state index contributed by atoms with van der Waals surface area (Å²) in [6, 6.07) is 2.57. The molecule has 2 heterocycles. The quantitative estimate of drug-likeness (QED) is 0.798. The normalized spacial score (nSPS) is 25.0. The zero-order valence-electron chi connectivity index (χ0n) is 9.30. The lowest BCUT2D eigenvalue weighted by Gasteiger charge is -2.22. The van der Waals surface area contributed by atoms with E-state index in [2.05, 4.69) is 4.72 Å². The standard InChI is InChI=1S/C10H13NO5S/c1-10(4-5-15-7-10)11-17(13,14)9-3-2-8(6-12)16-9/h2-3,6,11H,4-5,7H2,1H3. The third-order valence-electron chi connectivity index (χ3n) is 2.58. The lowest BCUT2D eigenvalue weighted by molar-refractivity contribution is 0.109. The maximum absolute atomic E-state index is 11.9. The van der Waals surface area contributed by atoms with Crippen LogP contribution in [0.4, 0.5) is 0 Å². The monoisotopic (exact) mass is 259 g/mol. The molecule has 1 N–H and O–H groups in total. The van der Waals surface area contributed by atoms with Crippen LogP contribution in [0.2, 0.25) is 0 Å². The van der Waals surface area contributed by atoms with Gasteiger partial charge in [-0.3, -0.25) is 4.79 Å². The van der Waals surface area contributed by atoms with Crippen molar-refractivity contribution in [3.05, 3.63) is 17.9 Å². The summed E-state index contributed by atoms with van der Waals surface area (Å²) in [5.41, 5.74) is -0.618. The van der Waals surface area contributed by atoms with E-state index in [4.69, 9.17) is 9.15 Å². The maximum Gasteiger partial charge on any atom is 0.274 e. The Morgan fingerprint density at radius 1 is 1.47 bits per heavy atom. The molecule has 1 aromatic heterocycles. The second-order valence-corrected chi connectivity index (χ2v) is 5.86. The molecule has 7 heteroatoms. The summed E-state index contributed by atoms with van der Waals surface area (Å²) in [7, 11) is -3.75. The van der Waals surface area contributed by atoms with E-state index in [1.807, 2.05) is 0 Å². The second-order valence-electron chi connectivity index (χ2n) is 4.24. The zero-order valence-corrected chi connectivity index (χ0v) is 10.1. The number of nitrogens with one attached hydrogen (secondary N) is 1. The van der Waals surface area contributed by atoms with Gasteiger partial charge in [0, 0.05) is 6.61 Å². The highest BCUT2D eigenvalue weighted by atomic mass is 32.2. The van der Waals surface area contributed by atoms with E-state index in [0.29, 0.717) is 25.9 Å². The number of carbonyl (C=O) groups excluding carboxylic acids is 1. The SMILES string of the molecule is CC1(NS(=O)(=O)c2ccc(C=O)o2)CCOC1. The van der Waals surface area contributed by atoms with Gasteiger partial charge < -0.3 is 9.15 Å². The molecule has 0 spiro atoms. The summed E-state index contributed by atoms with van der Waals surface area (Å²) in [5.74, 6) is -0.0156. The third kappa shape index (κ3) is 2.56. The van der Waals surface area contributed by atoms with Gasteiger partial charge in [-0.15, -0.1) is 0 Å². The summed E-state index contributed by atoms with van der Waals surface area (Å²) in [5, 5.41) is -0.257. The largest absolute Gasteiger partial charge is 0.440 e. The van der Waals surface area contributed by atoms with E-state index in [0.717, 1.165) is 0 Å². The van der Waals surface area contributed by atoms with E-state index >= 15 is 0 Å². The van der Waals surface area contributed by atoms with Gasteiger partial charge in [-0.1, -0.05) is 0 Å². The predicted molar refractivity (Wildman–Crippen MR) is 58.3 cm³/mol. The number of furan rings is 1. The average Bonchev–Trinajstić information content (AvgIpc) is 2.85. The second kappa shape index (κ2) is 4.25. The van der Waals surface area contributed by atoms with Crippen molar-refractivity contribution >= 4 is 16.3 Å². The molecule has 94 valence electrons. The van der Waals surface area contributed by atoms with Gasteiger partial charge in [0.05, 0.1) is 12.1 Å². The molecule has 0 aromatic carbocycles. The first-order valence-corrected chi connectivity index (χ1v) is 6.60. The molecule has 2 rings (SSSR count). The first-order chi connectivity index (χ1) is 7.95. The molecule has 17 heavy (non-hydrogen) atoms. The number of aldehydes is 1. The molecule has 0 saturated carbocycles. The van der Waals surface area contributed by atoms with Crippen LogP contribution in [0, 0.1) is 0 Å². The van der Waals surface area contributed by atoms with Crippen molar-refractivity contribution in [1.29, 1.82) is 0 Å².